The van der Waals surface area contributed by atoms with Crippen molar-refractivity contribution < 1.29 is 4.79 Å². The number of hydrogen-bond acceptors (Lipinski definition) is 2. The molecule has 1 heterocycles. The second-order valence-electron chi connectivity index (χ2n) is 6.46. The molecule has 22 heavy (non-hydrogen) atoms. The van der Waals surface area contributed by atoms with E-state index in [1.54, 1.807) is 0 Å². The lowest BCUT2D eigenvalue weighted by Gasteiger charge is -2.32. The highest BCUT2D eigenvalue weighted by Crippen LogP contribution is 2.18. The zero-order chi connectivity index (χ0) is 15.9. The lowest BCUT2D eigenvalue weighted by Crippen LogP contribution is -2.39. The molecule has 0 radical (unpaired) electrons. The number of amides is 1. The quantitative estimate of drug-likeness (QED) is 0.848. The largest absolute Gasteiger partial charge is 0.356 e. The van der Waals surface area contributed by atoms with Crippen molar-refractivity contribution in [2.24, 2.45) is 11.8 Å². The van der Waals surface area contributed by atoms with Crippen molar-refractivity contribution >= 4 is 5.91 Å². The van der Waals surface area contributed by atoms with E-state index in [9.17, 15) is 4.79 Å². The second kappa shape index (κ2) is 8.00. The topological polar surface area (TPSA) is 32.3 Å². The van der Waals surface area contributed by atoms with Gasteiger partial charge in [-0.3, -0.25) is 9.69 Å². The lowest BCUT2D eigenvalue weighted by atomic mass is 9.96. The summed E-state index contributed by atoms with van der Waals surface area (Å²) in [6.07, 6.45) is 7.68. The minimum atomic E-state index is 0.0751. The van der Waals surface area contributed by atoms with E-state index < -0.39 is 0 Å². The molecule has 118 valence electrons. The highest BCUT2D eigenvalue weighted by molar-refractivity contribution is 5.77. The average Bonchev–Trinajstić information content (AvgIpc) is 2.54. The number of nitrogens with one attached hydrogen (secondary N) is 1. The van der Waals surface area contributed by atoms with Crippen LogP contribution < -0.4 is 5.32 Å². The summed E-state index contributed by atoms with van der Waals surface area (Å²) in [5, 5.41) is 3.05. The van der Waals surface area contributed by atoms with E-state index in [1.807, 2.05) is 26.0 Å². The van der Waals surface area contributed by atoms with Gasteiger partial charge in [0.15, 0.2) is 0 Å². The number of carbonyl (C=O) groups excluding carboxylic acids is 1. The van der Waals surface area contributed by atoms with E-state index in [0.717, 1.165) is 44.6 Å². The van der Waals surface area contributed by atoms with Gasteiger partial charge in [-0.2, -0.15) is 0 Å². The number of terminal acetylenes is 1. The summed E-state index contributed by atoms with van der Waals surface area (Å²) in [6.45, 7) is 7.86. The summed E-state index contributed by atoms with van der Waals surface area (Å²) in [6, 6.07) is 8.24. The molecule has 0 spiro atoms. The van der Waals surface area contributed by atoms with Crippen LogP contribution in [0.2, 0.25) is 0 Å². The summed E-state index contributed by atoms with van der Waals surface area (Å²) in [5.41, 5.74) is 2.24. The normalized spacial score (nSPS) is 16.5. The summed E-state index contributed by atoms with van der Waals surface area (Å²) in [5.74, 6) is 3.50. The van der Waals surface area contributed by atoms with Crippen molar-refractivity contribution in [2.45, 2.75) is 33.2 Å². The number of rotatable bonds is 5. The maximum atomic E-state index is 11.6. The molecule has 1 aliphatic heterocycles. The molecule has 3 nitrogen and oxygen atoms in total. The number of piperidine rings is 1. The van der Waals surface area contributed by atoms with E-state index >= 15 is 0 Å². The van der Waals surface area contributed by atoms with Gasteiger partial charge in [0, 0.05) is 24.6 Å². The van der Waals surface area contributed by atoms with Crippen molar-refractivity contribution in [1.82, 2.24) is 10.2 Å². The highest BCUT2D eigenvalue weighted by atomic mass is 16.1. The van der Waals surface area contributed by atoms with Gasteiger partial charge in [-0.05, 0) is 49.5 Å². The van der Waals surface area contributed by atoms with Gasteiger partial charge < -0.3 is 5.32 Å². The van der Waals surface area contributed by atoms with Crippen LogP contribution in [0.25, 0.3) is 0 Å². The van der Waals surface area contributed by atoms with Crippen molar-refractivity contribution in [2.75, 3.05) is 19.6 Å². The Morgan fingerprint density at radius 1 is 1.32 bits per heavy atom. The van der Waals surface area contributed by atoms with Crippen LogP contribution in [0.15, 0.2) is 24.3 Å². The molecular weight excluding hydrogens is 272 g/mol. The number of nitrogens with zero attached hydrogens (tertiary/aromatic N) is 1. The van der Waals surface area contributed by atoms with Crippen LogP contribution in [0.3, 0.4) is 0 Å². The molecule has 1 aromatic carbocycles. The van der Waals surface area contributed by atoms with Gasteiger partial charge in [0.1, 0.15) is 0 Å². The Morgan fingerprint density at radius 2 is 1.95 bits per heavy atom. The first-order chi connectivity index (χ1) is 10.6. The van der Waals surface area contributed by atoms with Crippen LogP contribution in [-0.4, -0.2) is 30.4 Å². The molecule has 1 fully saturated rings. The Kier molecular flexibility index (Phi) is 6.03. The molecule has 1 amide bonds. The minimum absolute atomic E-state index is 0.0751. The number of likely N-dealkylation sites (tertiary alicyclic amines) is 1. The summed E-state index contributed by atoms with van der Waals surface area (Å²) in [4.78, 5) is 14.1. The fraction of sp³-hybridized carbons (Fsp3) is 0.526. The van der Waals surface area contributed by atoms with Crippen molar-refractivity contribution in [3.05, 3.63) is 35.4 Å². The Hall–Kier alpha value is -1.79. The van der Waals surface area contributed by atoms with Crippen LogP contribution in [0.5, 0.6) is 0 Å². The van der Waals surface area contributed by atoms with E-state index in [-0.39, 0.29) is 11.8 Å². The molecule has 1 N–H and O–H groups in total. The Balaban J connectivity index is 1.72. The molecule has 0 aromatic heterocycles. The number of hydrogen-bond donors (Lipinski definition) is 1. The third-order valence-electron chi connectivity index (χ3n) is 4.32. The fourth-order valence-corrected chi connectivity index (χ4v) is 2.76. The molecule has 0 unspecified atom stereocenters. The smallest absolute Gasteiger partial charge is 0.222 e. The molecular formula is C19H26N2O. The van der Waals surface area contributed by atoms with E-state index in [1.165, 1.54) is 5.56 Å². The monoisotopic (exact) mass is 298 g/mol. The molecule has 1 aliphatic rings. The van der Waals surface area contributed by atoms with Gasteiger partial charge >= 0.3 is 0 Å². The van der Waals surface area contributed by atoms with Gasteiger partial charge in [-0.15, -0.1) is 6.42 Å². The third kappa shape index (κ3) is 4.89. The predicted octanol–water partition coefficient (Wildman–Crippen LogP) is 2.65. The van der Waals surface area contributed by atoms with Crippen molar-refractivity contribution in [3.63, 3.8) is 0 Å². The number of benzene rings is 1. The molecule has 0 atom stereocenters. The van der Waals surface area contributed by atoms with Crippen molar-refractivity contribution in [3.8, 4) is 12.3 Å². The summed E-state index contributed by atoms with van der Waals surface area (Å²) >= 11 is 0. The Morgan fingerprint density at radius 3 is 2.50 bits per heavy atom. The molecule has 0 aliphatic carbocycles. The maximum Gasteiger partial charge on any atom is 0.222 e. The van der Waals surface area contributed by atoms with Crippen molar-refractivity contribution in [1.29, 1.82) is 0 Å². The molecule has 0 saturated carbocycles. The van der Waals surface area contributed by atoms with Gasteiger partial charge in [0.25, 0.3) is 0 Å². The molecule has 3 heteroatoms. The second-order valence-corrected chi connectivity index (χ2v) is 6.46. The van der Waals surface area contributed by atoms with E-state index in [0.29, 0.717) is 5.92 Å². The zero-order valence-electron chi connectivity index (χ0n) is 13.6. The SMILES string of the molecule is C#Cc1ccc(CN2CCC(CNC(=O)C(C)C)CC2)cc1. The maximum absolute atomic E-state index is 11.6. The zero-order valence-corrected chi connectivity index (χ0v) is 13.6. The minimum Gasteiger partial charge on any atom is -0.356 e. The predicted molar refractivity (Wildman–Crippen MR) is 90.2 cm³/mol. The molecule has 2 rings (SSSR count). The van der Waals surface area contributed by atoms with Crippen LogP contribution >= 0.6 is 0 Å². The van der Waals surface area contributed by atoms with Crippen LogP contribution in [-0.2, 0) is 11.3 Å². The first-order valence-corrected chi connectivity index (χ1v) is 8.14. The Bertz CT molecular complexity index is 519. The first kappa shape index (κ1) is 16.6. The van der Waals surface area contributed by atoms with Gasteiger partial charge in [0.05, 0.1) is 0 Å². The molecule has 0 bridgehead atoms. The number of carbonyl (C=O) groups is 1. The highest BCUT2D eigenvalue weighted by Gasteiger charge is 2.20. The van der Waals surface area contributed by atoms with Crippen LogP contribution in [0.1, 0.15) is 37.8 Å². The van der Waals surface area contributed by atoms with Crippen LogP contribution in [0.4, 0.5) is 0 Å². The molecule has 1 aromatic rings. The van der Waals surface area contributed by atoms with Gasteiger partial charge in [0.2, 0.25) is 5.91 Å². The Labute approximate surface area is 134 Å². The van der Waals surface area contributed by atoms with E-state index in [4.69, 9.17) is 6.42 Å². The fourth-order valence-electron chi connectivity index (χ4n) is 2.76. The lowest BCUT2D eigenvalue weighted by molar-refractivity contribution is -0.124. The van der Waals surface area contributed by atoms with Crippen LogP contribution in [0, 0.1) is 24.2 Å². The standard InChI is InChI=1S/C19H26N2O/c1-4-16-5-7-18(8-6-16)14-21-11-9-17(10-12-21)13-20-19(22)15(2)3/h1,5-8,15,17H,9-14H2,2-3H3,(H,20,22). The average molecular weight is 298 g/mol. The third-order valence-corrected chi connectivity index (χ3v) is 4.32. The van der Waals surface area contributed by atoms with E-state index in [2.05, 4.69) is 28.3 Å². The summed E-state index contributed by atoms with van der Waals surface area (Å²) < 4.78 is 0. The first-order valence-electron chi connectivity index (χ1n) is 8.14. The van der Waals surface area contributed by atoms with Gasteiger partial charge in [-0.25, -0.2) is 0 Å². The summed E-state index contributed by atoms with van der Waals surface area (Å²) in [7, 11) is 0. The van der Waals surface area contributed by atoms with Gasteiger partial charge in [-0.1, -0.05) is 31.9 Å². The molecule has 1 saturated heterocycles.